The number of rotatable bonds is 0. The second-order valence-corrected chi connectivity index (χ2v) is 3.61. The maximum absolute atomic E-state index is 11.0. The minimum Gasteiger partial charge on any atom is -0.268 e. The second-order valence-electron chi connectivity index (χ2n) is 2.20. The normalized spacial score (nSPS) is 19.2. The van der Waals surface area contributed by atoms with E-state index in [-0.39, 0.29) is 11.4 Å². The van der Waals surface area contributed by atoms with Gasteiger partial charge in [0.2, 0.25) is 0 Å². The van der Waals surface area contributed by atoms with Gasteiger partial charge in [-0.3, -0.25) is 9.89 Å². The average Bonchev–Trinajstić information content (AvgIpc) is 2.31. The summed E-state index contributed by atoms with van der Waals surface area (Å²) in [5, 5.41) is 5.85. The molecule has 2 heterocycles. The van der Waals surface area contributed by atoms with Gasteiger partial charge in [0.25, 0.3) is 5.91 Å². The number of aromatic amines is 1. The van der Waals surface area contributed by atoms with E-state index in [1.165, 1.54) is 6.20 Å². The molecule has 0 aromatic carbocycles. The van der Waals surface area contributed by atoms with Gasteiger partial charge >= 0.3 is 10.2 Å². The van der Waals surface area contributed by atoms with Crippen molar-refractivity contribution < 1.29 is 13.2 Å². The molecule has 0 atom stereocenters. The lowest BCUT2D eigenvalue weighted by molar-refractivity contribution is 0.0981. The summed E-state index contributed by atoms with van der Waals surface area (Å²) in [5.74, 6) is -0.587. The fourth-order valence-corrected chi connectivity index (χ4v) is 1.70. The van der Waals surface area contributed by atoms with E-state index < -0.39 is 16.1 Å². The third-order valence-electron chi connectivity index (χ3n) is 1.35. The Morgan fingerprint density at radius 2 is 2.08 bits per heavy atom. The summed E-state index contributed by atoms with van der Waals surface area (Å²) in [6, 6.07) is 0. The first-order valence-electron chi connectivity index (χ1n) is 2.97. The molecular formula is C4H4N4O3S. The van der Waals surface area contributed by atoms with E-state index in [4.69, 9.17) is 0 Å². The molecule has 12 heavy (non-hydrogen) atoms. The van der Waals surface area contributed by atoms with Gasteiger partial charge in [-0.2, -0.15) is 13.5 Å². The van der Waals surface area contributed by atoms with Crippen LogP contribution in [0.3, 0.4) is 0 Å². The largest absolute Gasteiger partial charge is 0.325 e. The van der Waals surface area contributed by atoms with Crippen LogP contribution in [0.5, 0.6) is 0 Å². The van der Waals surface area contributed by atoms with Gasteiger partial charge in [0.05, 0.1) is 6.20 Å². The van der Waals surface area contributed by atoms with Crippen LogP contribution in [0.15, 0.2) is 6.20 Å². The summed E-state index contributed by atoms with van der Waals surface area (Å²) < 4.78 is 25.5. The van der Waals surface area contributed by atoms with Crippen molar-refractivity contribution in [3.05, 3.63) is 11.8 Å². The molecule has 7 nitrogen and oxygen atoms in total. The standard InChI is InChI=1S/C4H4N4O3S/c9-4-2-1-5-6-3(2)7-12(10,11)8-4/h1H,(H,8,9)(H2,5,6,7). The second kappa shape index (κ2) is 1.97. The van der Waals surface area contributed by atoms with Crippen LogP contribution in [-0.4, -0.2) is 24.5 Å². The van der Waals surface area contributed by atoms with Gasteiger partial charge in [0.1, 0.15) is 11.4 Å². The summed E-state index contributed by atoms with van der Waals surface area (Å²) >= 11 is 0. The van der Waals surface area contributed by atoms with Crippen molar-refractivity contribution in [3.63, 3.8) is 0 Å². The molecule has 0 saturated heterocycles. The zero-order valence-electron chi connectivity index (χ0n) is 5.66. The van der Waals surface area contributed by atoms with E-state index in [1.807, 2.05) is 0 Å². The van der Waals surface area contributed by atoms with Crippen LogP contribution in [0.2, 0.25) is 0 Å². The van der Waals surface area contributed by atoms with Crippen LogP contribution < -0.4 is 9.44 Å². The third kappa shape index (κ3) is 0.925. The molecule has 2 rings (SSSR count). The number of hydrogen-bond acceptors (Lipinski definition) is 4. The first-order valence-corrected chi connectivity index (χ1v) is 4.45. The number of nitrogens with zero attached hydrogens (tertiary/aromatic N) is 1. The number of hydrogen-bond donors (Lipinski definition) is 3. The molecule has 1 aromatic rings. The van der Waals surface area contributed by atoms with Crippen molar-refractivity contribution in [3.8, 4) is 0 Å². The highest BCUT2D eigenvalue weighted by atomic mass is 32.2. The Morgan fingerprint density at radius 3 is 2.83 bits per heavy atom. The maximum Gasteiger partial charge on any atom is 0.325 e. The molecule has 1 amide bonds. The Balaban J connectivity index is 2.60. The van der Waals surface area contributed by atoms with E-state index in [0.717, 1.165) is 0 Å². The van der Waals surface area contributed by atoms with Crippen LogP contribution in [0.1, 0.15) is 10.4 Å². The van der Waals surface area contributed by atoms with Crippen LogP contribution in [-0.2, 0) is 10.2 Å². The Labute approximate surface area is 67.3 Å². The van der Waals surface area contributed by atoms with Gasteiger partial charge in [-0.25, -0.2) is 9.44 Å². The molecule has 0 radical (unpaired) electrons. The van der Waals surface area contributed by atoms with Gasteiger partial charge in [-0.1, -0.05) is 0 Å². The fraction of sp³-hybridized carbons (Fsp3) is 0. The fourth-order valence-electron chi connectivity index (χ4n) is 0.873. The minimum absolute atomic E-state index is 0.0961. The number of anilines is 1. The molecule has 0 spiro atoms. The van der Waals surface area contributed by atoms with Crippen molar-refractivity contribution in [2.45, 2.75) is 0 Å². The van der Waals surface area contributed by atoms with Crippen LogP contribution in [0.25, 0.3) is 0 Å². The lowest BCUT2D eigenvalue weighted by Gasteiger charge is -2.13. The van der Waals surface area contributed by atoms with Crippen molar-refractivity contribution >= 4 is 21.9 Å². The SMILES string of the molecule is O=C1NS(=O)(=O)Nc2[nH]ncc21. The lowest BCUT2D eigenvalue weighted by atomic mass is 10.3. The number of amides is 1. The summed E-state index contributed by atoms with van der Waals surface area (Å²) in [6.07, 6.45) is 1.24. The maximum atomic E-state index is 11.0. The van der Waals surface area contributed by atoms with Gasteiger partial charge in [-0.05, 0) is 0 Å². The highest BCUT2D eigenvalue weighted by molar-refractivity contribution is 7.91. The lowest BCUT2D eigenvalue weighted by Crippen LogP contribution is -2.39. The monoisotopic (exact) mass is 188 g/mol. The molecule has 0 unspecified atom stereocenters. The van der Waals surface area contributed by atoms with E-state index in [9.17, 15) is 13.2 Å². The predicted molar refractivity (Wildman–Crippen MR) is 38.6 cm³/mol. The van der Waals surface area contributed by atoms with Gasteiger partial charge in [0, 0.05) is 0 Å². The van der Waals surface area contributed by atoms with Crippen molar-refractivity contribution in [2.75, 3.05) is 4.72 Å². The Bertz CT molecular complexity index is 433. The Hall–Kier alpha value is -1.57. The Kier molecular flexibility index (Phi) is 1.17. The molecule has 1 aliphatic heterocycles. The molecular weight excluding hydrogens is 184 g/mol. The van der Waals surface area contributed by atoms with E-state index in [0.29, 0.717) is 0 Å². The van der Waals surface area contributed by atoms with E-state index >= 15 is 0 Å². The summed E-state index contributed by atoms with van der Waals surface area (Å²) in [5.41, 5.74) is 0.185. The molecule has 3 N–H and O–H groups in total. The number of carbonyl (C=O) groups is 1. The molecule has 1 aliphatic rings. The van der Waals surface area contributed by atoms with Crippen molar-refractivity contribution in [1.82, 2.24) is 14.9 Å². The van der Waals surface area contributed by atoms with Gasteiger partial charge < -0.3 is 0 Å². The number of H-pyrrole nitrogens is 1. The van der Waals surface area contributed by atoms with Crippen LogP contribution in [0, 0.1) is 0 Å². The molecule has 8 heteroatoms. The van der Waals surface area contributed by atoms with Crippen molar-refractivity contribution in [2.24, 2.45) is 0 Å². The molecule has 64 valence electrons. The van der Waals surface area contributed by atoms with Crippen LogP contribution >= 0.6 is 0 Å². The van der Waals surface area contributed by atoms with E-state index in [2.05, 4.69) is 14.9 Å². The molecule has 0 saturated carbocycles. The molecule has 1 aromatic heterocycles. The highest BCUT2D eigenvalue weighted by Gasteiger charge is 2.27. The summed E-state index contributed by atoms with van der Waals surface area (Å²) in [4.78, 5) is 11.0. The number of fused-ring (bicyclic) bond motifs is 1. The summed E-state index contributed by atoms with van der Waals surface area (Å²) in [7, 11) is -3.74. The zero-order chi connectivity index (χ0) is 8.77. The topological polar surface area (TPSA) is 104 Å². The molecule has 0 bridgehead atoms. The number of nitrogens with one attached hydrogen (secondary N) is 3. The first-order chi connectivity index (χ1) is 5.58. The van der Waals surface area contributed by atoms with Gasteiger partial charge in [0.15, 0.2) is 0 Å². The predicted octanol–water partition coefficient (Wildman–Crippen LogP) is -1.19. The quantitative estimate of drug-likeness (QED) is 0.476. The first kappa shape index (κ1) is 7.10. The minimum atomic E-state index is -3.74. The number of carbonyl (C=O) groups excluding carboxylic acids is 1. The van der Waals surface area contributed by atoms with E-state index in [1.54, 1.807) is 4.72 Å². The smallest absolute Gasteiger partial charge is 0.268 e. The summed E-state index contributed by atoms with van der Waals surface area (Å²) in [6.45, 7) is 0. The van der Waals surface area contributed by atoms with Gasteiger partial charge in [-0.15, -0.1) is 0 Å². The van der Waals surface area contributed by atoms with Crippen molar-refractivity contribution in [1.29, 1.82) is 0 Å². The Morgan fingerprint density at radius 1 is 1.33 bits per heavy atom. The zero-order valence-corrected chi connectivity index (χ0v) is 6.47. The third-order valence-corrected chi connectivity index (χ3v) is 2.27. The average molecular weight is 188 g/mol. The van der Waals surface area contributed by atoms with Crippen LogP contribution in [0.4, 0.5) is 5.82 Å². The number of aromatic nitrogens is 2. The molecule has 0 fully saturated rings. The highest BCUT2D eigenvalue weighted by Crippen LogP contribution is 2.15. The molecule has 0 aliphatic carbocycles.